The Balaban J connectivity index is 2.01. The van der Waals surface area contributed by atoms with E-state index in [9.17, 15) is 4.79 Å². The number of hydrogen-bond acceptors (Lipinski definition) is 2. The van der Waals surface area contributed by atoms with Gasteiger partial charge in [0.1, 0.15) is 5.58 Å². The average Bonchev–Trinajstić information content (AvgIpc) is 3.16. The van der Waals surface area contributed by atoms with E-state index in [1.54, 1.807) is 0 Å². The molecule has 0 radical (unpaired) electrons. The maximum absolute atomic E-state index is 12.0. The van der Waals surface area contributed by atoms with E-state index in [1.807, 2.05) is 12.1 Å². The predicted molar refractivity (Wildman–Crippen MR) is 76.6 cm³/mol. The van der Waals surface area contributed by atoms with Gasteiger partial charge in [-0.1, -0.05) is 26.8 Å². The van der Waals surface area contributed by atoms with Crippen LogP contribution in [0.1, 0.15) is 56.2 Å². The van der Waals surface area contributed by atoms with Crippen molar-refractivity contribution in [1.29, 1.82) is 0 Å². The molecule has 1 aromatic carbocycles. The van der Waals surface area contributed by atoms with Gasteiger partial charge in [-0.2, -0.15) is 0 Å². The molecule has 0 unspecified atom stereocenters. The number of Topliss-reactive ketones (excluding diaryl/α,β-unsaturated/α-hetero) is 1. The van der Waals surface area contributed by atoms with Crippen molar-refractivity contribution in [2.45, 2.75) is 45.4 Å². The highest BCUT2D eigenvalue weighted by Crippen LogP contribution is 2.35. The third kappa shape index (κ3) is 2.20. The van der Waals surface area contributed by atoms with Crippen molar-refractivity contribution in [1.82, 2.24) is 0 Å². The summed E-state index contributed by atoms with van der Waals surface area (Å²) in [5.41, 5.74) is 2.28. The van der Waals surface area contributed by atoms with Crippen molar-refractivity contribution in [3.63, 3.8) is 0 Å². The molecular formula is C17H20O2. The first-order valence-electron chi connectivity index (χ1n) is 7.09. The molecule has 100 valence electrons. The summed E-state index contributed by atoms with van der Waals surface area (Å²) in [5.74, 6) is 0.920. The van der Waals surface area contributed by atoms with Crippen LogP contribution in [0.5, 0.6) is 0 Å². The Hall–Kier alpha value is -1.57. The number of benzene rings is 1. The summed E-state index contributed by atoms with van der Waals surface area (Å²) in [4.78, 5) is 12.0. The number of rotatable bonds is 4. The molecule has 2 aromatic rings. The molecule has 19 heavy (non-hydrogen) atoms. The zero-order valence-corrected chi connectivity index (χ0v) is 11.8. The Morgan fingerprint density at radius 2 is 2.05 bits per heavy atom. The van der Waals surface area contributed by atoms with E-state index >= 15 is 0 Å². The predicted octanol–water partition coefficient (Wildman–Crippen LogP) is 4.71. The van der Waals surface area contributed by atoms with Crippen molar-refractivity contribution >= 4 is 16.8 Å². The third-order valence-electron chi connectivity index (χ3n) is 4.37. The van der Waals surface area contributed by atoms with E-state index < -0.39 is 0 Å². The van der Waals surface area contributed by atoms with Crippen LogP contribution in [-0.2, 0) is 5.41 Å². The van der Waals surface area contributed by atoms with Crippen LogP contribution in [0.25, 0.3) is 11.0 Å². The standard InChI is InChI=1S/C17H20O2/c1-4-17(2,3)13-7-8-14-12(9-13)10-15(19-14)16(18)11-5-6-11/h7-11H,4-6H2,1-3H3. The highest BCUT2D eigenvalue weighted by Gasteiger charge is 2.32. The Labute approximate surface area is 113 Å². The summed E-state index contributed by atoms with van der Waals surface area (Å²) in [6.07, 6.45) is 3.12. The van der Waals surface area contributed by atoms with Crippen molar-refractivity contribution in [2.24, 2.45) is 5.92 Å². The molecule has 0 aliphatic heterocycles. The van der Waals surface area contributed by atoms with Gasteiger partial charge in [-0.15, -0.1) is 0 Å². The second-order valence-electron chi connectivity index (χ2n) is 6.24. The van der Waals surface area contributed by atoms with Gasteiger partial charge in [-0.05, 0) is 48.4 Å². The summed E-state index contributed by atoms with van der Waals surface area (Å²) >= 11 is 0. The minimum absolute atomic E-state index is 0.159. The smallest absolute Gasteiger partial charge is 0.201 e. The van der Waals surface area contributed by atoms with Gasteiger partial charge in [-0.25, -0.2) is 0 Å². The third-order valence-corrected chi connectivity index (χ3v) is 4.37. The van der Waals surface area contributed by atoms with E-state index in [0.717, 1.165) is 30.2 Å². The van der Waals surface area contributed by atoms with Gasteiger partial charge in [0.15, 0.2) is 5.76 Å². The molecule has 0 spiro atoms. The number of fused-ring (bicyclic) bond motifs is 1. The van der Waals surface area contributed by atoms with Crippen molar-refractivity contribution in [3.05, 3.63) is 35.6 Å². The molecule has 0 N–H and O–H groups in total. The molecule has 1 aromatic heterocycles. The molecule has 3 rings (SSSR count). The van der Waals surface area contributed by atoms with Crippen LogP contribution in [0.4, 0.5) is 0 Å². The zero-order valence-electron chi connectivity index (χ0n) is 11.8. The molecule has 0 atom stereocenters. The number of hydrogen-bond donors (Lipinski definition) is 0. The fraction of sp³-hybridized carbons (Fsp3) is 0.471. The molecule has 2 nitrogen and oxygen atoms in total. The van der Waals surface area contributed by atoms with Crippen LogP contribution in [0.3, 0.4) is 0 Å². The van der Waals surface area contributed by atoms with E-state index in [1.165, 1.54) is 5.56 Å². The number of ketones is 1. The fourth-order valence-corrected chi connectivity index (χ4v) is 2.34. The number of carbonyl (C=O) groups is 1. The topological polar surface area (TPSA) is 30.2 Å². The van der Waals surface area contributed by atoms with Crippen LogP contribution in [0.2, 0.25) is 0 Å². The monoisotopic (exact) mass is 256 g/mol. The lowest BCUT2D eigenvalue weighted by molar-refractivity contribution is 0.0942. The van der Waals surface area contributed by atoms with E-state index in [2.05, 4.69) is 32.9 Å². The highest BCUT2D eigenvalue weighted by atomic mass is 16.3. The van der Waals surface area contributed by atoms with Crippen molar-refractivity contribution < 1.29 is 9.21 Å². The molecule has 1 fully saturated rings. The Morgan fingerprint density at radius 3 is 2.68 bits per heavy atom. The first-order chi connectivity index (χ1) is 9.01. The highest BCUT2D eigenvalue weighted by molar-refractivity contribution is 6.00. The van der Waals surface area contributed by atoms with Crippen LogP contribution in [0.15, 0.2) is 28.7 Å². The Morgan fingerprint density at radius 1 is 1.32 bits per heavy atom. The molecule has 2 heteroatoms. The molecule has 1 aliphatic carbocycles. The van der Waals surface area contributed by atoms with Gasteiger partial charge in [0.2, 0.25) is 5.78 Å². The zero-order chi connectivity index (χ0) is 13.6. The Kier molecular flexibility index (Phi) is 2.77. The number of carbonyl (C=O) groups excluding carboxylic acids is 1. The van der Waals surface area contributed by atoms with Crippen LogP contribution in [-0.4, -0.2) is 5.78 Å². The molecule has 1 saturated carbocycles. The van der Waals surface area contributed by atoms with E-state index in [0.29, 0.717) is 5.76 Å². The van der Waals surface area contributed by atoms with E-state index in [4.69, 9.17) is 4.42 Å². The molecule has 0 saturated heterocycles. The lowest BCUT2D eigenvalue weighted by Crippen LogP contribution is -2.14. The molecular weight excluding hydrogens is 236 g/mol. The van der Waals surface area contributed by atoms with Crippen LogP contribution >= 0.6 is 0 Å². The van der Waals surface area contributed by atoms with E-state index in [-0.39, 0.29) is 17.1 Å². The summed E-state index contributed by atoms with van der Waals surface area (Å²) in [6.45, 7) is 6.68. The van der Waals surface area contributed by atoms with Gasteiger partial charge < -0.3 is 4.42 Å². The van der Waals surface area contributed by atoms with Gasteiger partial charge >= 0.3 is 0 Å². The molecule has 1 heterocycles. The van der Waals surface area contributed by atoms with Crippen molar-refractivity contribution in [2.75, 3.05) is 0 Å². The summed E-state index contributed by atoms with van der Waals surface area (Å²) in [7, 11) is 0. The SMILES string of the molecule is CCC(C)(C)c1ccc2oc(C(=O)C3CC3)cc2c1. The normalized spacial score (nSPS) is 15.9. The largest absolute Gasteiger partial charge is 0.453 e. The molecule has 0 bridgehead atoms. The average molecular weight is 256 g/mol. The lowest BCUT2D eigenvalue weighted by Gasteiger charge is -2.23. The first kappa shape index (κ1) is 12.5. The second kappa shape index (κ2) is 4.22. The number of furan rings is 1. The molecule has 1 aliphatic rings. The minimum atomic E-state index is 0.159. The lowest BCUT2D eigenvalue weighted by atomic mass is 9.82. The van der Waals surface area contributed by atoms with Gasteiger partial charge in [0.05, 0.1) is 0 Å². The summed E-state index contributed by atoms with van der Waals surface area (Å²) < 4.78 is 5.68. The fourth-order valence-electron chi connectivity index (χ4n) is 2.34. The quantitative estimate of drug-likeness (QED) is 0.741. The maximum atomic E-state index is 12.0. The minimum Gasteiger partial charge on any atom is -0.453 e. The molecule has 0 amide bonds. The van der Waals surface area contributed by atoms with Gasteiger partial charge in [0.25, 0.3) is 0 Å². The van der Waals surface area contributed by atoms with Crippen molar-refractivity contribution in [3.8, 4) is 0 Å². The van der Waals surface area contributed by atoms with Crippen LogP contribution in [0, 0.1) is 5.92 Å². The van der Waals surface area contributed by atoms with Gasteiger partial charge in [0, 0.05) is 11.3 Å². The van der Waals surface area contributed by atoms with Gasteiger partial charge in [-0.3, -0.25) is 4.79 Å². The maximum Gasteiger partial charge on any atom is 0.201 e. The first-order valence-corrected chi connectivity index (χ1v) is 7.09. The Bertz CT molecular complexity index is 630. The second-order valence-corrected chi connectivity index (χ2v) is 6.24. The van der Waals surface area contributed by atoms with Crippen LogP contribution < -0.4 is 0 Å². The summed E-state index contributed by atoms with van der Waals surface area (Å²) in [5, 5.41) is 1.04. The summed E-state index contributed by atoms with van der Waals surface area (Å²) in [6, 6.07) is 8.17.